The van der Waals surface area contributed by atoms with E-state index in [0.29, 0.717) is 25.2 Å². The van der Waals surface area contributed by atoms with Gasteiger partial charge in [-0.3, -0.25) is 0 Å². The molecule has 2 heterocycles. The number of allylic oxidation sites excluding steroid dienone is 4. The lowest BCUT2D eigenvalue weighted by Crippen LogP contribution is -2.42. The van der Waals surface area contributed by atoms with Crippen molar-refractivity contribution in [3.8, 4) is 0 Å². The van der Waals surface area contributed by atoms with E-state index >= 15 is 0 Å². The zero-order chi connectivity index (χ0) is 34.6. The molecule has 1 aromatic heterocycles. The third-order valence-electron chi connectivity index (χ3n) is 7.07. The summed E-state index contributed by atoms with van der Waals surface area (Å²) in [4.78, 5) is 22.1. The first kappa shape index (κ1) is 36.7. The first-order chi connectivity index (χ1) is 22.2. The Morgan fingerprint density at radius 1 is 1.00 bits per heavy atom. The quantitative estimate of drug-likeness (QED) is 0.146. The molecule has 2 atom stereocenters. The predicted octanol–water partition coefficient (Wildman–Crippen LogP) is 5.46. The van der Waals surface area contributed by atoms with Crippen LogP contribution in [0, 0.1) is 23.5 Å². The van der Waals surface area contributed by atoms with E-state index in [1.54, 1.807) is 43.4 Å². The maximum absolute atomic E-state index is 14.8. The maximum atomic E-state index is 14.8. The summed E-state index contributed by atoms with van der Waals surface area (Å²) in [6.45, 7) is 2.41. The van der Waals surface area contributed by atoms with Gasteiger partial charge in [0.25, 0.3) is 0 Å². The topological polar surface area (TPSA) is 144 Å². The highest BCUT2D eigenvalue weighted by atomic mass is 19.4. The first-order valence-corrected chi connectivity index (χ1v) is 14.1. The van der Waals surface area contributed by atoms with E-state index in [2.05, 4.69) is 10.1 Å². The van der Waals surface area contributed by atoms with Crippen molar-refractivity contribution < 1.29 is 56.3 Å². The molecule has 3 aromatic rings. The van der Waals surface area contributed by atoms with Gasteiger partial charge in [0.1, 0.15) is 29.9 Å². The minimum atomic E-state index is -4.36. The van der Waals surface area contributed by atoms with Crippen molar-refractivity contribution in [2.75, 3.05) is 13.2 Å². The number of aliphatic hydroxyl groups is 1. The highest BCUT2D eigenvalue weighted by Crippen LogP contribution is 2.38. The number of alkyl halides is 3. The third kappa shape index (κ3) is 11.2. The van der Waals surface area contributed by atoms with Gasteiger partial charge < -0.3 is 24.8 Å². The van der Waals surface area contributed by atoms with Crippen molar-refractivity contribution in [3.05, 3.63) is 114 Å². The number of carbonyl (C=O) groups is 2. The average molecular weight is 666 g/mol. The van der Waals surface area contributed by atoms with Crippen LogP contribution in [0.3, 0.4) is 0 Å². The number of aromatic nitrogens is 3. The molecule has 3 N–H and O–H groups in total. The van der Waals surface area contributed by atoms with Crippen molar-refractivity contribution in [2.24, 2.45) is 11.8 Å². The molecule has 0 unspecified atom stereocenters. The highest BCUT2D eigenvalue weighted by molar-refractivity contribution is 6.27. The Morgan fingerprint density at radius 3 is 2.19 bits per heavy atom. The third-order valence-corrected chi connectivity index (χ3v) is 7.07. The molecule has 0 aliphatic carbocycles. The number of halogens is 5. The number of hydrogen-bond acceptors (Lipinski definition) is 7. The fourth-order valence-electron chi connectivity index (χ4n) is 4.64. The van der Waals surface area contributed by atoms with E-state index in [1.165, 1.54) is 35.5 Å². The zero-order valence-electron chi connectivity index (χ0n) is 24.9. The fourth-order valence-corrected chi connectivity index (χ4v) is 4.64. The van der Waals surface area contributed by atoms with Crippen LogP contribution >= 0.6 is 0 Å². The number of aliphatic carboxylic acids is 2. The zero-order valence-corrected chi connectivity index (χ0v) is 24.9. The van der Waals surface area contributed by atoms with Gasteiger partial charge in [-0.25, -0.2) is 28.0 Å². The molecule has 1 fully saturated rings. The van der Waals surface area contributed by atoms with Crippen LogP contribution in [0.1, 0.15) is 30.0 Å². The molecule has 0 amide bonds. The molecule has 10 nitrogen and oxygen atoms in total. The van der Waals surface area contributed by atoms with Gasteiger partial charge in [0.05, 0.1) is 25.3 Å². The lowest BCUT2D eigenvalue weighted by Gasteiger charge is -2.38. The lowest BCUT2D eigenvalue weighted by molar-refractivity contribution is -0.181. The molecule has 252 valence electrons. The average Bonchev–Trinajstić information content (AvgIpc) is 3.52. The standard InChI is InChI=1S/C30H30F5N3O3.C2H2O4/c1-21(29(39,18-38-20-36-19-37-38)26-13-12-25(31)15-27(26)32)14-23-16-40-28(41-17-23)7-5-3-2-4-6-22-8-10-24(11-9-22)30(33,34)35;3-1(4)2(5)6/h2-13,15,19-21,23,28,39H,14,16-18H2,1H3;(H,3,4)(H,5,6)/b3-2+,6-4+,7-5+;/t21-,23?,28?,29+;/m0./s1. The molecular formula is C32H32F5N3O7. The lowest BCUT2D eigenvalue weighted by atomic mass is 9.77. The van der Waals surface area contributed by atoms with Gasteiger partial charge in [0.2, 0.25) is 0 Å². The van der Waals surface area contributed by atoms with E-state index in [0.717, 1.165) is 24.3 Å². The first-order valence-electron chi connectivity index (χ1n) is 14.1. The van der Waals surface area contributed by atoms with Crippen LogP contribution in [0.25, 0.3) is 6.08 Å². The largest absolute Gasteiger partial charge is 0.473 e. The SMILES string of the molecule is C[C@@H](CC1COC(/C=C/C=C/C=C/c2ccc(C(F)(F)F)cc2)OC1)[C@](O)(Cn1cncn1)c1ccc(F)cc1F.O=C(O)C(=O)O. The van der Waals surface area contributed by atoms with Crippen LogP contribution < -0.4 is 0 Å². The Kier molecular flexibility index (Phi) is 13.1. The number of carboxylic acid groups (broad SMARTS) is 2. The Labute approximate surface area is 266 Å². The second kappa shape index (κ2) is 16.7. The summed E-state index contributed by atoms with van der Waals surface area (Å²) in [6.07, 6.45) is 8.55. The van der Waals surface area contributed by atoms with Crippen molar-refractivity contribution >= 4 is 18.0 Å². The summed E-state index contributed by atoms with van der Waals surface area (Å²) < 4.78 is 79.2. The molecular weight excluding hydrogens is 633 g/mol. The molecule has 2 aromatic carbocycles. The second-order valence-corrected chi connectivity index (χ2v) is 10.5. The van der Waals surface area contributed by atoms with Crippen molar-refractivity contribution in [1.82, 2.24) is 14.8 Å². The maximum Gasteiger partial charge on any atom is 0.416 e. The molecule has 1 aliphatic heterocycles. The Morgan fingerprint density at radius 2 is 1.64 bits per heavy atom. The minimum Gasteiger partial charge on any atom is -0.473 e. The van der Waals surface area contributed by atoms with Crippen LogP contribution in [-0.2, 0) is 37.4 Å². The summed E-state index contributed by atoms with van der Waals surface area (Å²) in [5.74, 6) is -5.79. The molecule has 15 heteroatoms. The fraction of sp³-hybridized carbons (Fsp3) is 0.312. The van der Waals surface area contributed by atoms with Gasteiger partial charge in [-0.2, -0.15) is 18.3 Å². The smallest absolute Gasteiger partial charge is 0.416 e. The van der Waals surface area contributed by atoms with E-state index in [9.17, 15) is 27.1 Å². The van der Waals surface area contributed by atoms with Gasteiger partial charge in [-0.1, -0.05) is 55.5 Å². The van der Waals surface area contributed by atoms with Gasteiger partial charge in [0, 0.05) is 17.5 Å². The monoisotopic (exact) mass is 665 g/mol. The molecule has 0 bridgehead atoms. The van der Waals surface area contributed by atoms with E-state index in [1.807, 2.05) is 0 Å². The van der Waals surface area contributed by atoms with E-state index in [4.69, 9.17) is 29.3 Å². The molecule has 0 saturated carbocycles. The number of ether oxygens (including phenoxy) is 2. The van der Waals surface area contributed by atoms with Gasteiger partial charge in [0.15, 0.2) is 6.29 Å². The summed E-state index contributed by atoms with van der Waals surface area (Å²) in [5, 5.41) is 30.5. The number of hydrogen-bond donors (Lipinski definition) is 3. The number of nitrogens with zero attached hydrogens (tertiary/aromatic N) is 3. The predicted molar refractivity (Wildman–Crippen MR) is 157 cm³/mol. The minimum absolute atomic E-state index is 0.0282. The molecule has 1 saturated heterocycles. The molecule has 4 rings (SSSR count). The van der Waals surface area contributed by atoms with Crippen LogP contribution in [0.15, 0.2) is 85.5 Å². The number of carboxylic acids is 2. The molecule has 0 spiro atoms. The number of benzene rings is 2. The summed E-state index contributed by atoms with van der Waals surface area (Å²) in [6, 6.07) is 7.97. The summed E-state index contributed by atoms with van der Waals surface area (Å²) in [7, 11) is 0. The van der Waals surface area contributed by atoms with Crippen LogP contribution in [0.4, 0.5) is 22.0 Å². The van der Waals surface area contributed by atoms with Gasteiger partial charge in [-0.05, 0) is 42.2 Å². The van der Waals surface area contributed by atoms with Crippen LogP contribution in [0.5, 0.6) is 0 Å². The van der Waals surface area contributed by atoms with Crippen LogP contribution in [-0.4, -0.2) is 61.5 Å². The Hall–Kier alpha value is -4.73. The van der Waals surface area contributed by atoms with Crippen molar-refractivity contribution in [2.45, 2.75) is 38.0 Å². The molecule has 0 radical (unpaired) electrons. The summed E-state index contributed by atoms with van der Waals surface area (Å²) >= 11 is 0. The van der Waals surface area contributed by atoms with E-state index < -0.39 is 53.1 Å². The normalized spacial score (nSPS) is 19.0. The molecule has 47 heavy (non-hydrogen) atoms. The van der Waals surface area contributed by atoms with E-state index in [-0.39, 0.29) is 18.0 Å². The second-order valence-electron chi connectivity index (χ2n) is 10.5. The van der Waals surface area contributed by atoms with Crippen molar-refractivity contribution in [3.63, 3.8) is 0 Å². The molecule has 1 aliphatic rings. The van der Waals surface area contributed by atoms with Gasteiger partial charge >= 0.3 is 18.1 Å². The van der Waals surface area contributed by atoms with Gasteiger partial charge in [-0.15, -0.1) is 0 Å². The van der Waals surface area contributed by atoms with Crippen LogP contribution in [0.2, 0.25) is 0 Å². The van der Waals surface area contributed by atoms with Crippen molar-refractivity contribution in [1.29, 1.82) is 0 Å². The summed E-state index contributed by atoms with van der Waals surface area (Å²) in [5.41, 5.74) is -1.77. The Balaban J connectivity index is 0.000000913. The highest BCUT2D eigenvalue weighted by Gasteiger charge is 2.40. The number of rotatable bonds is 10. The Bertz CT molecular complexity index is 1540.